The molecule has 1 amide bonds. The van der Waals surface area contributed by atoms with Gasteiger partial charge in [0.2, 0.25) is 0 Å². The lowest BCUT2D eigenvalue weighted by Gasteiger charge is -2.44. The Labute approximate surface area is 216 Å². The molecule has 0 unspecified atom stereocenters. The third-order valence-corrected chi connectivity index (χ3v) is 10.6. The molecule has 0 bridgehead atoms. The molecule has 5 atom stereocenters. The molecule has 0 aromatic heterocycles. The van der Waals surface area contributed by atoms with Gasteiger partial charge in [-0.1, -0.05) is 87.5 Å². The van der Waals surface area contributed by atoms with E-state index < -0.39 is 17.1 Å². The first-order valence-corrected chi connectivity index (χ1v) is 14.4. The van der Waals surface area contributed by atoms with Gasteiger partial charge in [0.25, 0.3) is 0 Å². The number of carbonyl (C=O) groups excluding carboxylic acids is 1. The standard InChI is InChI=1S/C28H34N2O3S2/c1-18-14-15-21(27(2,3)19-10-6-5-7-11-19)23(16-18)33-26(32)30-22-13-9-8-12-20(22)28(24(30)31)17-29-25(34-4)35-28/h5-13,18,21,23-24,31H,14-17H2,1-4H3/t18-,21-,23-,24+,28-/m1/s1. The molecule has 5 rings (SSSR count). The van der Waals surface area contributed by atoms with E-state index in [0.29, 0.717) is 12.5 Å². The lowest BCUT2D eigenvalue weighted by molar-refractivity contribution is -0.00483. The summed E-state index contributed by atoms with van der Waals surface area (Å²) >= 11 is 3.13. The molecule has 0 radical (unpaired) electrons. The van der Waals surface area contributed by atoms with Gasteiger partial charge in [0, 0.05) is 5.92 Å². The fourth-order valence-corrected chi connectivity index (χ4v) is 8.09. The molecule has 2 aliphatic heterocycles. The third kappa shape index (κ3) is 4.19. The second-order valence-electron chi connectivity index (χ2n) is 10.6. The van der Waals surface area contributed by atoms with Crippen LogP contribution >= 0.6 is 23.5 Å². The van der Waals surface area contributed by atoms with Crippen molar-refractivity contribution in [2.75, 3.05) is 17.7 Å². The molecule has 3 aliphatic rings. The minimum atomic E-state index is -1.03. The molecule has 1 saturated carbocycles. The number of hydrogen-bond acceptors (Lipinski definition) is 6. The summed E-state index contributed by atoms with van der Waals surface area (Å²) in [6.07, 6.45) is 3.23. The summed E-state index contributed by atoms with van der Waals surface area (Å²) < 4.78 is 6.57. The number of aliphatic hydroxyl groups excluding tert-OH is 1. The first kappa shape index (κ1) is 24.7. The van der Waals surface area contributed by atoms with Crippen molar-refractivity contribution in [1.29, 1.82) is 0 Å². The van der Waals surface area contributed by atoms with E-state index in [0.717, 1.165) is 34.9 Å². The Kier molecular flexibility index (Phi) is 6.70. The quantitative estimate of drug-likeness (QED) is 0.517. The van der Waals surface area contributed by atoms with Crippen molar-refractivity contribution in [3.05, 3.63) is 65.7 Å². The van der Waals surface area contributed by atoms with Crippen LogP contribution in [0.25, 0.3) is 0 Å². The lowest BCUT2D eigenvalue weighted by atomic mass is 9.64. The van der Waals surface area contributed by atoms with Crippen molar-refractivity contribution in [1.82, 2.24) is 0 Å². The number of anilines is 1. The highest BCUT2D eigenvalue weighted by Gasteiger charge is 2.57. The highest BCUT2D eigenvalue weighted by atomic mass is 32.2. The van der Waals surface area contributed by atoms with E-state index in [1.165, 1.54) is 10.5 Å². The Hall–Kier alpha value is -1.96. The molecule has 0 saturated heterocycles. The molecule has 1 spiro atoms. The zero-order valence-electron chi connectivity index (χ0n) is 20.8. The number of fused-ring (bicyclic) bond motifs is 2. The second kappa shape index (κ2) is 9.49. The Balaban J connectivity index is 1.43. The van der Waals surface area contributed by atoms with E-state index in [4.69, 9.17) is 4.74 Å². The van der Waals surface area contributed by atoms with Gasteiger partial charge in [0.05, 0.1) is 12.2 Å². The fourth-order valence-electron chi connectivity index (χ4n) is 6.05. The normalized spacial score (nSPS) is 30.3. The van der Waals surface area contributed by atoms with E-state index in [1.807, 2.05) is 36.6 Å². The van der Waals surface area contributed by atoms with E-state index in [9.17, 15) is 9.90 Å². The van der Waals surface area contributed by atoms with Gasteiger partial charge in [0.15, 0.2) is 6.23 Å². The van der Waals surface area contributed by atoms with Gasteiger partial charge < -0.3 is 9.84 Å². The van der Waals surface area contributed by atoms with Crippen LogP contribution in [0.15, 0.2) is 59.6 Å². The molecule has 35 heavy (non-hydrogen) atoms. The van der Waals surface area contributed by atoms with Crippen LogP contribution in [0.4, 0.5) is 10.5 Å². The number of rotatable bonds is 3. The number of ether oxygens (including phenoxy) is 1. The number of nitrogens with zero attached hydrogens (tertiary/aromatic N) is 2. The van der Waals surface area contributed by atoms with Crippen LogP contribution in [0.1, 0.15) is 51.2 Å². The molecule has 186 valence electrons. The number of para-hydroxylation sites is 1. The maximum Gasteiger partial charge on any atom is 0.416 e. The number of hydrogen-bond donors (Lipinski definition) is 1. The largest absolute Gasteiger partial charge is 0.445 e. The number of amides is 1. The van der Waals surface area contributed by atoms with E-state index in [2.05, 4.69) is 50.0 Å². The van der Waals surface area contributed by atoms with E-state index in [-0.39, 0.29) is 17.4 Å². The van der Waals surface area contributed by atoms with Crippen LogP contribution in [-0.2, 0) is 14.9 Å². The molecular weight excluding hydrogens is 476 g/mol. The van der Waals surface area contributed by atoms with Crippen molar-refractivity contribution < 1.29 is 14.6 Å². The van der Waals surface area contributed by atoms with Crippen molar-refractivity contribution in [3.63, 3.8) is 0 Å². The van der Waals surface area contributed by atoms with Crippen molar-refractivity contribution >= 4 is 39.7 Å². The minimum Gasteiger partial charge on any atom is -0.445 e. The number of thioether (sulfide) groups is 2. The zero-order chi connectivity index (χ0) is 24.8. The monoisotopic (exact) mass is 510 g/mol. The molecule has 1 N–H and O–H groups in total. The number of aliphatic hydroxyl groups is 1. The molecule has 5 nitrogen and oxygen atoms in total. The Bertz CT molecular complexity index is 1120. The highest BCUT2D eigenvalue weighted by Crippen LogP contribution is 2.56. The molecule has 7 heteroatoms. The Morgan fingerprint density at radius 2 is 1.89 bits per heavy atom. The van der Waals surface area contributed by atoms with Crippen molar-refractivity contribution in [3.8, 4) is 0 Å². The zero-order valence-corrected chi connectivity index (χ0v) is 22.4. The Morgan fingerprint density at radius 1 is 1.17 bits per heavy atom. The van der Waals surface area contributed by atoms with Crippen molar-refractivity contribution in [2.45, 2.75) is 62.5 Å². The molecule has 2 aromatic rings. The Morgan fingerprint density at radius 3 is 2.60 bits per heavy atom. The minimum absolute atomic E-state index is 0.141. The number of carbonyl (C=O) groups is 1. The maximum absolute atomic E-state index is 13.8. The van der Waals surface area contributed by atoms with E-state index in [1.54, 1.807) is 23.5 Å². The third-order valence-electron chi connectivity index (χ3n) is 8.12. The van der Waals surface area contributed by atoms with Crippen LogP contribution in [-0.4, -0.2) is 40.7 Å². The second-order valence-corrected chi connectivity index (χ2v) is 12.9. The van der Waals surface area contributed by atoms with Gasteiger partial charge in [-0.3, -0.25) is 4.99 Å². The van der Waals surface area contributed by atoms with Gasteiger partial charge in [-0.2, -0.15) is 0 Å². The maximum atomic E-state index is 13.8. The number of benzene rings is 2. The first-order chi connectivity index (χ1) is 16.8. The predicted octanol–water partition coefficient (Wildman–Crippen LogP) is 6.41. The van der Waals surface area contributed by atoms with Crippen molar-refractivity contribution in [2.24, 2.45) is 16.8 Å². The molecule has 2 aromatic carbocycles. The predicted molar refractivity (Wildman–Crippen MR) is 146 cm³/mol. The van der Waals surface area contributed by atoms with Crippen LogP contribution < -0.4 is 4.90 Å². The molecule has 1 fully saturated rings. The summed E-state index contributed by atoms with van der Waals surface area (Å²) in [4.78, 5) is 19.9. The van der Waals surface area contributed by atoms with Crippen LogP contribution in [0.5, 0.6) is 0 Å². The fraction of sp³-hybridized carbons (Fsp3) is 0.500. The first-order valence-electron chi connectivity index (χ1n) is 12.4. The van der Waals surface area contributed by atoms with Crippen LogP contribution in [0, 0.1) is 11.8 Å². The van der Waals surface area contributed by atoms with Gasteiger partial charge >= 0.3 is 6.09 Å². The smallest absolute Gasteiger partial charge is 0.416 e. The summed E-state index contributed by atoms with van der Waals surface area (Å²) in [5, 5.41) is 11.6. The summed E-state index contributed by atoms with van der Waals surface area (Å²) in [5.74, 6) is 0.682. The average molecular weight is 511 g/mol. The highest BCUT2D eigenvalue weighted by molar-refractivity contribution is 8.39. The van der Waals surface area contributed by atoms with E-state index >= 15 is 0 Å². The summed E-state index contributed by atoms with van der Waals surface area (Å²) in [7, 11) is 0. The molecule has 1 aliphatic carbocycles. The van der Waals surface area contributed by atoms with Gasteiger partial charge in [-0.05, 0) is 47.6 Å². The van der Waals surface area contributed by atoms with Gasteiger partial charge in [0.1, 0.15) is 15.2 Å². The lowest BCUT2D eigenvalue weighted by Crippen LogP contribution is -2.50. The SMILES string of the molecule is CSC1=NC[C@@]2(S1)c1ccccc1N(C(=O)O[C@@H]1C[C@H](C)CC[C@H]1C(C)(C)c1ccccc1)[C@H]2O. The van der Waals surface area contributed by atoms with Gasteiger partial charge in [-0.25, -0.2) is 9.69 Å². The summed E-state index contributed by atoms with van der Waals surface area (Å²) in [5.41, 5.74) is 2.78. The van der Waals surface area contributed by atoms with Crippen LogP contribution in [0.2, 0.25) is 0 Å². The van der Waals surface area contributed by atoms with Gasteiger partial charge in [-0.15, -0.1) is 11.8 Å². The number of aliphatic imine (C=N–C) groups is 1. The summed E-state index contributed by atoms with van der Waals surface area (Å²) in [6, 6.07) is 18.3. The molecular formula is C28H34N2O3S2. The average Bonchev–Trinajstić information content (AvgIpc) is 3.40. The topological polar surface area (TPSA) is 62.1 Å². The van der Waals surface area contributed by atoms with Crippen LogP contribution in [0.3, 0.4) is 0 Å². The summed E-state index contributed by atoms with van der Waals surface area (Å²) in [6.45, 7) is 7.20. The molecule has 2 heterocycles.